The second kappa shape index (κ2) is 7.75. The molecule has 5 nitrogen and oxygen atoms in total. The fraction of sp³-hybridized carbons (Fsp3) is 0.250. The Labute approximate surface area is 147 Å². The second-order valence-corrected chi connectivity index (χ2v) is 6.02. The summed E-state index contributed by atoms with van der Waals surface area (Å²) < 4.78 is 5.37. The molecular formula is C20H21N3O2. The van der Waals surface area contributed by atoms with Gasteiger partial charge in [-0.05, 0) is 43.7 Å². The molecule has 0 unspecified atom stereocenters. The molecule has 1 N–H and O–H groups in total. The number of hydrogen-bond acceptors (Lipinski definition) is 4. The van der Waals surface area contributed by atoms with Gasteiger partial charge in [0, 0.05) is 23.2 Å². The first-order valence-corrected chi connectivity index (χ1v) is 8.47. The molecule has 0 radical (unpaired) electrons. The van der Waals surface area contributed by atoms with Gasteiger partial charge in [-0.1, -0.05) is 42.3 Å². The van der Waals surface area contributed by atoms with Crippen LogP contribution in [0.15, 0.2) is 53.1 Å². The molecule has 0 spiro atoms. The van der Waals surface area contributed by atoms with E-state index in [1.807, 2.05) is 55.5 Å². The highest BCUT2D eigenvalue weighted by molar-refractivity contribution is 5.90. The van der Waals surface area contributed by atoms with E-state index in [0.717, 1.165) is 35.2 Å². The van der Waals surface area contributed by atoms with E-state index in [1.54, 1.807) is 0 Å². The van der Waals surface area contributed by atoms with Gasteiger partial charge in [0.05, 0.1) is 0 Å². The van der Waals surface area contributed by atoms with E-state index in [1.165, 1.54) is 0 Å². The smallest absolute Gasteiger partial charge is 0.258 e. The minimum Gasteiger partial charge on any atom is -0.334 e. The zero-order valence-corrected chi connectivity index (χ0v) is 14.5. The lowest BCUT2D eigenvalue weighted by atomic mass is 10.1. The number of anilines is 1. The van der Waals surface area contributed by atoms with Crippen molar-refractivity contribution < 1.29 is 9.32 Å². The minimum atomic E-state index is 0.0362. The topological polar surface area (TPSA) is 68.0 Å². The number of nitrogens with one attached hydrogen (secondary N) is 1. The molecule has 0 aliphatic heterocycles. The number of carbonyl (C=O) groups excluding carboxylic acids is 1. The van der Waals surface area contributed by atoms with E-state index in [-0.39, 0.29) is 5.91 Å². The molecule has 2 aromatic carbocycles. The highest BCUT2D eigenvalue weighted by Crippen LogP contribution is 2.24. The van der Waals surface area contributed by atoms with Crippen molar-refractivity contribution in [1.82, 2.24) is 10.1 Å². The summed E-state index contributed by atoms with van der Waals surface area (Å²) in [5.74, 6) is 1.06. The maximum atomic E-state index is 11.8. The van der Waals surface area contributed by atoms with Crippen LogP contribution in [-0.2, 0) is 4.79 Å². The first kappa shape index (κ1) is 16.9. The first-order valence-electron chi connectivity index (χ1n) is 8.47. The van der Waals surface area contributed by atoms with Gasteiger partial charge in [0.2, 0.25) is 11.7 Å². The SMILES string of the molecule is CCCCC(=O)Nc1ccc(-c2nc(-c3cccc(C)c3)no2)cc1. The summed E-state index contributed by atoms with van der Waals surface area (Å²) in [4.78, 5) is 16.2. The molecule has 1 amide bonds. The highest BCUT2D eigenvalue weighted by atomic mass is 16.5. The fourth-order valence-electron chi connectivity index (χ4n) is 2.50. The van der Waals surface area contributed by atoms with Crippen molar-refractivity contribution in [1.29, 1.82) is 0 Å². The molecule has 0 saturated carbocycles. The van der Waals surface area contributed by atoms with Crippen molar-refractivity contribution in [2.45, 2.75) is 33.1 Å². The van der Waals surface area contributed by atoms with Gasteiger partial charge in [-0.15, -0.1) is 0 Å². The van der Waals surface area contributed by atoms with Crippen LogP contribution in [0.4, 0.5) is 5.69 Å². The number of benzene rings is 2. The van der Waals surface area contributed by atoms with Crippen LogP contribution in [0.5, 0.6) is 0 Å². The van der Waals surface area contributed by atoms with Crippen LogP contribution in [0.3, 0.4) is 0 Å². The summed E-state index contributed by atoms with van der Waals surface area (Å²) in [5, 5.41) is 6.94. The van der Waals surface area contributed by atoms with Crippen molar-refractivity contribution in [3.8, 4) is 22.8 Å². The van der Waals surface area contributed by atoms with Crippen molar-refractivity contribution in [3.05, 3.63) is 54.1 Å². The van der Waals surface area contributed by atoms with Gasteiger partial charge in [0.25, 0.3) is 5.89 Å². The van der Waals surface area contributed by atoms with Crippen LogP contribution in [0.1, 0.15) is 31.7 Å². The van der Waals surface area contributed by atoms with Crippen LogP contribution in [0.25, 0.3) is 22.8 Å². The lowest BCUT2D eigenvalue weighted by Crippen LogP contribution is -2.10. The summed E-state index contributed by atoms with van der Waals surface area (Å²) in [5.41, 5.74) is 3.66. The number of aryl methyl sites for hydroxylation is 1. The molecule has 3 aromatic rings. The number of unbranched alkanes of at least 4 members (excludes halogenated alkanes) is 1. The Morgan fingerprint density at radius 2 is 1.92 bits per heavy atom. The predicted molar refractivity (Wildman–Crippen MR) is 98.1 cm³/mol. The number of nitrogens with zero attached hydrogens (tertiary/aromatic N) is 2. The van der Waals surface area contributed by atoms with Crippen LogP contribution >= 0.6 is 0 Å². The highest BCUT2D eigenvalue weighted by Gasteiger charge is 2.11. The maximum absolute atomic E-state index is 11.8. The normalized spacial score (nSPS) is 10.6. The lowest BCUT2D eigenvalue weighted by Gasteiger charge is -2.04. The van der Waals surface area contributed by atoms with E-state index >= 15 is 0 Å². The quantitative estimate of drug-likeness (QED) is 0.700. The summed E-state index contributed by atoms with van der Waals surface area (Å²) in [6.07, 6.45) is 2.45. The maximum Gasteiger partial charge on any atom is 0.258 e. The van der Waals surface area contributed by atoms with E-state index < -0.39 is 0 Å². The fourth-order valence-corrected chi connectivity index (χ4v) is 2.50. The summed E-state index contributed by atoms with van der Waals surface area (Å²) in [6.45, 7) is 4.09. The summed E-state index contributed by atoms with van der Waals surface area (Å²) in [6, 6.07) is 15.4. The summed E-state index contributed by atoms with van der Waals surface area (Å²) in [7, 11) is 0. The number of carbonyl (C=O) groups is 1. The minimum absolute atomic E-state index is 0.0362. The molecule has 0 atom stereocenters. The van der Waals surface area contributed by atoms with Crippen LogP contribution < -0.4 is 5.32 Å². The predicted octanol–water partition coefficient (Wildman–Crippen LogP) is 4.84. The molecule has 1 aromatic heterocycles. The second-order valence-electron chi connectivity index (χ2n) is 6.02. The van der Waals surface area contributed by atoms with Crippen LogP contribution in [-0.4, -0.2) is 16.0 Å². The number of amides is 1. The molecule has 0 aliphatic carbocycles. The average molecular weight is 335 g/mol. The van der Waals surface area contributed by atoms with E-state index in [9.17, 15) is 4.79 Å². The number of rotatable bonds is 6. The molecule has 3 rings (SSSR count). The molecule has 5 heteroatoms. The molecule has 0 aliphatic rings. The Morgan fingerprint density at radius 1 is 1.12 bits per heavy atom. The Morgan fingerprint density at radius 3 is 2.64 bits per heavy atom. The molecule has 25 heavy (non-hydrogen) atoms. The molecule has 0 fully saturated rings. The standard InChI is InChI=1S/C20H21N3O2/c1-3-4-8-18(24)21-17-11-9-15(10-12-17)20-22-19(23-25-20)16-7-5-6-14(2)13-16/h5-7,9-13H,3-4,8H2,1-2H3,(H,21,24). The van der Waals surface area contributed by atoms with Gasteiger partial charge in [-0.3, -0.25) is 4.79 Å². The lowest BCUT2D eigenvalue weighted by molar-refractivity contribution is -0.116. The Kier molecular flexibility index (Phi) is 5.23. The summed E-state index contributed by atoms with van der Waals surface area (Å²) >= 11 is 0. The molecular weight excluding hydrogens is 314 g/mol. The Balaban J connectivity index is 1.72. The van der Waals surface area contributed by atoms with E-state index in [0.29, 0.717) is 18.1 Å². The van der Waals surface area contributed by atoms with Gasteiger partial charge in [-0.25, -0.2) is 0 Å². The van der Waals surface area contributed by atoms with Gasteiger partial charge in [-0.2, -0.15) is 4.98 Å². The Bertz CT molecular complexity index is 853. The van der Waals surface area contributed by atoms with Gasteiger partial charge in [0.1, 0.15) is 0 Å². The largest absolute Gasteiger partial charge is 0.334 e. The third kappa shape index (κ3) is 4.32. The third-order valence-electron chi connectivity index (χ3n) is 3.88. The van der Waals surface area contributed by atoms with Crippen molar-refractivity contribution >= 4 is 11.6 Å². The first-order chi connectivity index (χ1) is 12.2. The molecule has 1 heterocycles. The van der Waals surface area contributed by atoms with Gasteiger partial charge >= 0.3 is 0 Å². The monoisotopic (exact) mass is 335 g/mol. The molecule has 0 saturated heterocycles. The Hall–Kier alpha value is -2.95. The zero-order valence-electron chi connectivity index (χ0n) is 14.5. The van der Waals surface area contributed by atoms with Crippen LogP contribution in [0.2, 0.25) is 0 Å². The molecule has 128 valence electrons. The van der Waals surface area contributed by atoms with Gasteiger partial charge in [0.15, 0.2) is 0 Å². The van der Waals surface area contributed by atoms with Crippen molar-refractivity contribution in [3.63, 3.8) is 0 Å². The van der Waals surface area contributed by atoms with Crippen molar-refractivity contribution in [2.75, 3.05) is 5.32 Å². The van der Waals surface area contributed by atoms with Crippen molar-refractivity contribution in [2.24, 2.45) is 0 Å². The van der Waals surface area contributed by atoms with Crippen LogP contribution in [0, 0.1) is 6.92 Å². The van der Waals surface area contributed by atoms with E-state index in [2.05, 4.69) is 22.4 Å². The zero-order chi connectivity index (χ0) is 17.6. The van der Waals surface area contributed by atoms with E-state index in [4.69, 9.17) is 4.52 Å². The third-order valence-corrected chi connectivity index (χ3v) is 3.88. The number of aromatic nitrogens is 2. The average Bonchev–Trinajstić information content (AvgIpc) is 3.11. The number of hydrogen-bond donors (Lipinski definition) is 1. The molecule has 0 bridgehead atoms. The van der Waals surface area contributed by atoms with Gasteiger partial charge < -0.3 is 9.84 Å².